The molecule has 0 unspecified atom stereocenters. The molecule has 0 aliphatic carbocycles. The van der Waals surface area contributed by atoms with Gasteiger partial charge in [-0.25, -0.2) is 9.97 Å². The van der Waals surface area contributed by atoms with E-state index in [9.17, 15) is 15.0 Å². The normalized spacial score (nSPS) is 22.5. The van der Waals surface area contributed by atoms with Gasteiger partial charge in [-0.3, -0.25) is 13.8 Å². The number of hydrogen-bond donors (Lipinski definition) is 2. The Hall–Kier alpha value is -2.36. The van der Waals surface area contributed by atoms with E-state index in [4.69, 9.17) is 4.74 Å². The summed E-state index contributed by atoms with van der Waals surface area (Å²) in [5.41, 5.74) is 2.04. The number of rotatable bonds is 8. The Bertz CT molecular complexity index is 981. The molecule has 0 spiro atoms. The van der Waals surface area contributed by atoms with Crippen molar-refractivity contribution in [2.24, 2.45) is 0 Å². The van der Waals surface area contributed by atoms with Crippen LogP contribution in [0, 0.1) is 0 Å². The van der Waals surface area contributed by atoms with Gasteiger partial charge < -0.3 is 14.9 Å². The van der Waals surface area contributed by atoms with Crippen molar-refractivity contribution < 1.29 is 19.7 Å². The summed E-state index contributed by atoms with van der Waals surface area (Å²) >= 11 is 0. The highest BCUT2D eigenvalue weighted by Crippen LogP contribution is 2.30. The number of ketones is 1. The topological polar surface area (TPSA) is 115 Å². The van der Waals surface area contributed by atoms with Crippen LogP contribution < -0.4 is 0 Å². The van der Waals surface area contributed by atoms with E-state index in [2.05, 4.69) is 21.9 Å². The Balaban J connectivity index is 1.58. The number of carbonyl (C=O) groups excluding carboxylic acids is 1. The number of hydrogen-bond acceptors (Lipinski definition) is 7. The first-order chi connectivity index (χ1) is 13.6. The van der Waals surface area contributed by atoms with Crippen LogP contribution in [0.15, 0.2) is 18.7 Å². The minimum Gasteiger partial charge on any atom is -0.394 e. The summed E-state index contributed by atoms with van der Waals surface area (Å²) in [5.74, 6) is 0.687. The van der Waals surface area contributed by atoms with Crippen molar-refractivity contribution in [3.8, 4) is 0 Å². The quantitative estimate of drug-likeness (QED) is 0.562. The lowest BCUT2D eigenvalue weighted by Gasteiger charge is -2.13. The summed E-state index contributed by atoms with van der Waals surface area (Å²) in [6, 6.07) is 0. The zero-order valence-electron chi connectivity index (χ0n) is 15.9. The number of unbranched alkanes of at least 4 members (excludes halogenated alkanes) is 2. The van der Waals surface area contributed by atoms with E-state index < -0.39 is 18.4 Å². The smallest absolute Gasteiger partial charge is 0.236 e. The molecule has 3 aromatic rings. The van der Waals surface area contributed by atoms with Crippen LogP contribution in [0.1, 0.15) is 50.9 Å². The molecule has 150 valence electrons. The number of aliphatic hydroxyl groups excluding tert-OH is 2. The fourth-order valence-corrected chi connectivity index (χ4v) is 3.66. The summed E-state index contributed by atoms with van der Waals surface area (Å²) in [6.07, 6.45) is 7.68. The number of imidazole rings is 2. The minimum atomic E-state index is -0.729. The Morgan fingerprint density at radius 1 is 1.36 bits per heavy atom. The fraction of sp³-hybridized carbons (Fsp3) is 0.579. The van der Waals surface area contributed by atoms with Gasteiger partial charge in [-0.2, -0.15) is 4.98 Å². The van der Waals surface area contributed by atoms with Crippen LogP contribution in [-0.2, 0) is 16.0 Å². The van der Waals surface area contributed by atoms with E-state index in [1.165, 1.54) is 0 Å². The first kappa shape index (κ1) is 19.0. The molecule has 3 atom stereocenters. The average Bonchev–Trinajstić information content (AvgIpc) is 3.37. The number of carbonyl (C=O) groups is 1. The van der Waals surface area contributed by atoms with Crippen molar-refractivity contribution in [3.63, 3.8) is 0 Å². The number of fused-ring (bicyclic) bond motifs is 2. The molecule has 9 heteroatoms. The number of ether oxygens (including phenoxy) is 1. The lowest BCUT2D eigenvalue weighted by molar-refractivity contribution is -0.118. The van der Waals surface area contributed by atoms with Crippen molar-refractivity contribution >= 4 is 22.7 Å². The summed E-state index contributed by atoms with van der Waals surface area (Å²) in [5, 5.41) is 19.3. The van der Waals surface area contributed by atoms with Crippen LogP contribution in [0.2, 0.25) is 0 Å². The van der Waals surface area contributed by atoms with Crippen LogP contribution in [0.4, 0.5) is 0 Å². The molecule has 0 bridgehead atoms. The van der Waals surface area contributed by atoms with Crippen LogP contribution in [0.25, 0.3) is 16.9 Å². The van der Waals surface area contributed by atoms with Crippen molar-refractivity contribution in [1.29, 1.82) is 0 Å². The number of nitrogens with zero attached hydrogens (tertiary/aromatic N) is 5. The molecule has 0 radical (unpaired) electrons. The second-order valence-electron chi connectivity index (χ2n) is 7.31. The van der Waals surface area contributed by atoms with Gasteiger partial charge in [0.15, 0.2) is 5.65 Å². The van der Waals surface area contributed by atoms with Gasteiger partial charge in [0, 0.05) is 25.5 Å². The van der Waals surface area contributed by atoms with E-state index in [0.29, 0.717) is 36.2 Å². The highest BCUT2D eigenvalue weighted by molar-refractivity contribution is 5.81. The standard InChI is InChI=1S/C19H25N5O4/c1-2-3-4-5-13(26)6-12-8-20-19-22-18-14(9-23(12)19)21-11-24(18)17-7-15(27)16(10-25)28-17/h8-9,11,15-17,25,27H,2-7,10H2,1H3/t15-,16+,17+/m0/s1. The molecule has 0 saturated carbocycles. The van der Waals surface area contributed by atoms with Gasteiger partial charge >= 0.3 is 0 Å². The third-order valence-corrected chi connectivity index (χ3v) is 5.24. The van der Waals surface area contributed by atoms with Crippen LogP contribution in [0.3, 0.4) is 0 Å². The molecule has 4 heterocycles. The van der Waals surface area contributed by atoms with E-state index >= 15 is 0 Å². The van der Waals surface area contributed by atoms with Crippen LogP contribution in [0.5, 0.6) is 0 Å². The highest BCUT2D eigenvalue weighted by Gasteiger charge is 2.35. The molecule has 0 amide bonds. The maximum atomic E-state index is 12.2. The lowest BCUT2D eigenvalue weighted by atomic mass is 10.1. The van der Waals surface area contributed by atoms with Crippen molar-refractivity contribution in [3.05, 3.63) is 24.4 Å². The Morgan fingerprint density at radius 2 is 2.21 bits per heavy atom. The number of aliphatic hydroxyl groups is 2. The monoisotopic (exact) mass is 387 g/mol. The van der Waals surface area contributed by atoms with Gasteiger partial charge in [-0.15, -0.1) is 0 Å². The largest absolute Gasteiger partial charge is 0.394 e. The predicted octanol–water partition coefficient (Wildman–Crippen LogP) is 1.41. The molecule has 1 saturated heterocycles. The molecule has 4 rings (SSSR count). The van der Waals surface area contributed by atoms with Gasteiger partial charge in [0.25, 0.3) is 0 Å². The lowest BCUT2D eigenvalue weighted by Crippen LogP contribution is -2.24. The first-order valence-corrected chi connectivity index (χ1v) is 9.76. The molecule has 9 nitrogen and oxygen atoms in total. The summed E-state index contributed by atoms with van der Waals surface area (Å²) in [4.78, 5) is 25.5. The van der Waals surface area contributed by atoms with Gasteiger partial charge in [-0.1, -0.05) is 19.8 Å². The predicted molar refractivity (Wildman–Crippen MR) is 101 cm³/mol. The first-order valence-electron chi connectivity index (χ1n) is 9.76. The van der Waals surface area contributed by atoms with Gasteiger partial charge in [0.1, 0.15) is 23.6 Å². The summed E-state index contributed by atoms with van der Waals surface area (Å²) < 4.78 is 9.26. The molecule has 3 aromatic heterocycles. The van der Waals surface area contributed by atoms with Crippen LogP contribution >= 0.6 is 0 Å². The van der Waals surface area contributed by atoms with Crippen molar-refractivity contribution in [2.75, 3.05) is 6.61 Å². The third kappa shape index (κ3) is 3.52. The Labute approximate surface area is 162 Å². The Kier molecular flexibility index (Phi) is 5.38. The van der Waals surface area contributed by atoms with E-state index in [1.54, 1.807) is 21.5 Å². The van der Waals surface area contributed by atoms with Gasteiger partial charge in [0.2, 0.25) is 5.78 Å². The molecule has 1 aliphatic rings. The Morgan fingerprint density at radius 3 is 2.96 bits per heavy atom. The minimum absolute atomic E-state index is 0.198. The molecule has 0 aromatic carbocycles. The molecule has 1 fully saturated rings. The van der Waals surface area contributed by atoms with E-state index in [1.807, 2.05) is 6.20 Å². The number of aromatic nitrogens is 5. The van der Waals surface area contributed by atoms with Crippen molar-refractivity contribution in [1.82, 2.24) is 23.9 Å². The zero-order chi connectivity index (χ0) is 19.7. The second-order valence-corrected chi connectivity index (χ2v) is 7.31. The molecular weight excluding hydrogens is 362 g/mol. The molecule has 28 heavy (non-hydrogen) atoms. The molecular formula is C19H25N5O4. The van der Waals surface area contributed by atoms with E-state index in [0.717, 1.165) is 25.0 Å². The van der Waals surface area contributed by atoms with Crippen molar-refractivity contribution in [2.45, 2.75) is 63.9 Å². The zero-order valence-corrected chi connectivity index (χ0v) is 15.9. The third-order valence-electron chi connectivity index (χ3n) is 5.24. The summed E-state index contributed by atoms with van der Waals surface area (Å²) in [7, 11) is 0. The maximum Gasteiger partial charge on any atom is 0.236 e. The van der Waals surface area contributed by atoms with Gasteiger partial charge in [-0.05, 0) is 6.42 Å². The fourth-order valence-electron chi connectivity index (χ4n) is 3.66. The molecule has 1 aliphatic heterocycles. The average molecular weight is 387 g/mol. The van der Waals surface area contributed by atoms with Gasteiger partial charge in [0.05, 0.1) is 30.9 Å². The van der Waals surface area contributed by atoms with E-state index in [-0.39, 0.29) is 12.4 Å². The molecule has 2 N–H and O–H groups in total. The maximum absolute atomic E-state index is 12.2. The van der Waals surface area contributed by atoms with Crippen LogP contribution in [-0.4, -0.2) is 58.7 Å². The second kappa shape index (κ2) is 7.94. The summed E-state index contributed by atoms with van der Waals surface area (Å²) in [6.45, 7) is 1.88. The SMILES string of the molecule is CCCCCC(=O)Cc1cnc2nc3c(cn12)ncn3[C@H]1C[C@H](O)[C@@H](CO)O1. The highest BCUT2D eigenvalue weighted by atomic mass is 16.5. The number of Topliss-reactive ketones (excluding diaryl/α,β-unsaturated/α-hetero) is 1.